The molecule has 0 spiro atoms. The number of hydrogen-bond acceptors (Lipinski definition) is 3. The second-order valence-corrected chi connectivity index (χ2v) is 6.01. The number of hydrogen-bond donors (Lipinski definition) is 1. The van der Waals surface area contributed by atoms with Crippen LogP contribution in [0.3, 0.4) is 0 Å². The lowest BCUT2D eigenvalue weighted by atomic mass is 9.95. The topological polar surface area (TPSA) is 42.2 Å². The molecule has 19 heavy (non-hydrogen) atoms. The Morgan fingerprint density at radius 1 is 1.37 bits per heavy atom. The van der Waals surface area contributed by atoms with Gasteiger partial charge in [-0.1, -0.05) is 13.3 Å². The van der Waals surface area contributed by atoms with E-state index in [0.29, 0.717) is 6.04 Å². The Labute approximate surface area is 113 Å². The molecule has 0 saturated heterocycles. The van der Waals surface area contributed by atoms with Gasteiger partial charge in [0.15, 0.2) is 5.65 Å². The first-order valence-corrected chi connectivity index (χ1v) is 7.43. The maximum atomic E-state index is 4.60. The van der Waals surface area contributed by atoms with E-state index in [4.69, 9.17) is 0 Å². The zero-order valence-electron chi connectivity index (χ0n) is 11.3. The fourth-order valence-corrected chi connectivity index (χ4v) is 3.86. The van der Waals surface area contributed by atoms with Gasteiger partial charge in [-0.2, -0.15) is 9.61 Å². The van der Waals surface area contributed by atoms with Crippen LogP contribution in [0.15, 0.2) is 18.3 Å². The van der Waals surface area contributed by atoms with Crippen LogP contribution in [0.5, 0.6) is 0 Å². The van der Waals surface area contributed by atoms with Gasteiger partial charge in [0.25, 0.3) is 0 Å². The second-order valence-electron chi connectivity index (χ2n) is 6.01. The molecule has 2 aliphatic carbocycles. The molecule has 2 bridgehead atoms. The molecular weight excluding hydrogens is 236 g/mol. The molecule has 0 radical (unpaired) electrons. The Morgan fingerprint density at radius 3 is 3.05 bits per heavy atom. The summed E-state index contributed by atoms with van der Waals surface area (Å²) in [6.45, 7) is 2.15. The molecule has 1 N–H and O–H groups in total. The van der Waals surface area contributed by atoms with Crippen LogP contribution in [0.2, 0.25) is 0 Å². The van der Waals surface area contributed by atoms with Gasteiger partial charge in [0.2, 0.25) is 0 Å². The summed E-state index contributed by atoms with van der Waals surface area (Å²) >= 11 is 0. The summed E-state index contributed by atoms with van der Waals surface area (Å²) in [6, 6.07) is 4.77. The highest BCUT2D eigenvalue weighted by Crippen LogP contribution is 2.45. The third-order valence-corrected chi connectivity index (χ3v) is 4.85. The molecule has 4 rings (SSSR count). The van der Waals surface area contributed by atoms with Gasteiger partial charge in [-0.05, 0) is 37.5 Å². The van der Waals surface area contributed by atoms with Crippen LogP contribution in [-0.4, -0.2) is 20.6 Å². The molecule has 3 unspecified atom stereocenters. The Balaban J connectivity index is 1.68. The first-order chi connectivity index (χ1) is 9.33. The maximum absolute atomic E-state index is 4.60. The molecule has 0 amide bonds. The van der Waals surface area contributed by atoms with Crippen LogP contribution in [0.1, 0.15) is 38.3 Å². The van der Waals surface area contributed by atoms with Crippen molar-refractivity contribution in [1.82, 2.24) is 14.6 Å². The van der Waals surface area contributed by atoms with Gasteiger partial charge in [-0.15, -0.1) is 0 Å². The van der Waals surface area contributed by atoms with E-state index >= 15 is 0 Å². The average Bonchev–Trinajstić information content (AvgIpc) is 3.13. The van der Waals surface area contributed by atoms with Crippen molar-refractivity contribution < 1.29 is 0 Å². The van der Waals surface area contributed by atoms with Gasteiger partial charge >= 0.3 is 0 Å². The summed E-state index contributed by atoms with van der Waals surface area (Å²) in [7, 11) is 0. The lowest BCUT2D eigenvalue weighted by molar-refractivity contribution is 0.438. The minimum atomic E-state index is 0.637. The summed E-state index contributed by atoms with van der Waals surface area (Å²) in [4.78, 5) is 4.60. The molecule has 2 saturated carbocycles. The van der Waals surface area contributed by atoms with Crippen molar-refractivity contribution in [3.63, 3.8) is 0 Å². The van der Waals surface area contributed by atoms with Crippen LogP contribution in [0.4, 0.5) is 5.82 Å². The van der Waals surface area contributed by atoms with Crippen molar-refractivity contribution in [3.05, 3.63) is 24.0 Å². The van der Waals surface area contributed by atoms with Crippen LogP contribution >= 0.6 is 0 Å². The molecule has 2 aliphatic rings. The van der Waals surface area contributed by atoms with E-state index in [2.05, 4.69) is 28.4 Å². The second kappa shape index (κ2) is 4.22. The first kappa shape index (κ1) is 11.3. The fraction of sp³-hybridized carbons (Fsp3) is 0.600. The monoisotopic (exact) mass is 256 g/mol. The number of aryl methyl sites for hydroxylation is 1. The number of nitrogens with one attached hydrogen (secondary N) is 1. The van der Waals surface area contributed by atoms with E-state index in [9.17, 15) is 0 Å². The number of rotatable bonds is 3. The van der Waals surface area contributed by atoms with Crippen molar-refractivity contribution in [2.45, 2.75) is 45.1 Å². The molecular formula is C15H20N4. The largest absolute Gasteiger partial charge is 0.367 e. The predicted molar refractivity (Wildman–Crippen MR) is 75.2 cm³/mol. The fourth-order valence-electron chi connectivity index (χ4n) is 3.86. The molecule has 2 heterocycles. The summed E-state index contributed by atoms with van der Waals surface area (Å²) in [5.41, 5.74) is 2.09. The third-order valence-electron chi connectivity index (χ3n) is 4.85. The predicted octanol–water partition coefficient (Wildman–Crippen LogP) is 2.89. The molecule has 100 valence electrons. The smallest absolute Gasteiger partial charge is 0.157 e. The zero-order chi connectivity index (χ0) is 12.8. The SMILES string of the molecule is CCc1cc(NC2CC3CCC2C3)n2nccc2n1. The number of nitrogens with zero attached hydrogens (tertiary/aromatic N) is 3. The molecule has 4 nitrogen and oxygen atoms in total. The van der Waals surface area contributed by atoms with Gasteiger partial charge in [-0.3, -0.25) is 0 Å². The quantitative estimate of drug-likeness (QED) is 0.918. The van der Waals surface area contributed by atoms with Gasteiger partial charge in [0.1, 0.15) is 5.82 Å². The Kier molecular flexibility index (Phi) is 2.50. The molecule has 4 heteroatoms. The third kappa shape index (κ3) is 1.81. The summed E-state index contributed by atoms with van der Waals surface area (Å²) in [6.07, 6.45) is 8.39. The van der Waals surface area contributed by atoms with E-state index < -0.39 is 0 Å². The highest BCUT2D eigenvalue weighted by Gasteiger charge is 2.39. The van der Waals surface area contributed by atoms with E-state index in [1.165, 1.54) is 25.7 Å². The molecule has 0 aliphatic heterocycles. The van der Waals surface area contributed by atoms with Crippen LogP contribution in [0.25, 0.3) is 5.65 Å². The van der Waals surface area contributed by atoms with E-state index in [0.717, 1.165) is 35.4 Å². The highest BCUT2D eigenvalue weighted by molar-refractivity contribution is 5.49. The number of fused-ring (bicyclic) bond motifs is 3. The normalized spacial score (nSPS) is 29.2. The Hall–Kier alpha value is -1.58. The minimum Gasteiger partial charge on any atom is -0.367 e. The molecule has 2 fully saturated rings. The van der Waals surface area contributed by atoms with Crippen molar-refractivity contribution in [2.24, 2.45) is 11.8 Å². The maximum Gasteiger partial charge on any atom is 0.157 e. The van der Waals surface area contributed by atoms with Gasteiger partial charge in [0, 0.05) is 23.9 Å². The van der Waals surface area contributed by atoms with E-state index in [1.807, 2.05) is 16.8 Å². The van der Waals surface area contributed by atoms with E-state index in [1.54, 1.807) is 0 Å². The van der Waals surface area contributed by atoms with Gasteiger partial charge < -0.3 is 5.32 Å². The Bertz CT molecular complexity index is 603. The standard InChI is InChI=1S/C15H20N4/c1-2-12-9-15(19-14(17-12)5-6-16-19)18-13-8-10-3-4-11(13)7-10/h5-6,9-11,13,18H,2-4,7-8H2,1H3. The summed E-state index contributed by atoms with van der Waals surface area (Å²) in [5.74, 6) is 2.95. The lowest BCUT2D eigenvalue weighted by Crippen LogP contribution is -2.27. The van der Waals surface area contributed by atoms with Crippen molar-refractivity contribution in [2.75, 3.05) is 5.32 Å². The van der Waals surface area contributed by atoms with Crippen LogP contribution in [-0.2, 0) is 6.42 Å². The number of anilines is 1. The van der Waals surface area contributed by atoms with Crippen LogP contribution in [0, 0.1) is 11.8 Å². The molecule has 3 atom stereocenters. The minimum absolute atomic E-state index is 0.637. The van der Waals surface area contributed by atoms with Crippen molar-refractivity contribution >= 4 is 11.5 Å². The lowest BCUT2D eigenvalue weighted by Gasteiger charge is -2.24. The Morgan fingerprint density at radius 2 is 2.32 bits per heavy atom. The average molecular weight is 256 g/mol. The zero-order valence-corrected chi connectivity index (χ0v) is 11.3. The molecule has 2 aromatic heterocycles. The molecule has 2 aromatic rings. The highest BCUT2D eigenvalue weighted by atomic mass is 15.3. The number of aromatic nitrogens is 3. The molecule has 0 aromatic carbocycles. The van der Waals surface area contributed by atoms with Crippen molar-refractivity contribution in [1.29, 1.82) is 0 Å². The first-order valence-electron chi connectivity index (χ1n) is 7.43. The summed E-state index contributed by atoms with van der Waals surface area (Å²) < 4.78 is 1.94. The van der Waals surface area contributed by atoms with E-state index in [-0.39, 0.29) is 0 Å². The van der Waals surface area contributed by atoms with Gasteiger partial charge in [-0.25, -0.2) is 4.98 Å². The van der Waals surface area contributed by atoms with Crippen LogP contribution < -0.4 is 5.32 Å². The van der Waals surface area contributed by atoms with Crippen molar-refractivity contribution in [3.8, 4) is 0 Å². The van der Waals surface area contributed by atoms with Gasteiger partial charge in [0.05, 0.1) is 6.20 Å². The summed E-state index contributed by atoms with van der Waals surface area (Å²) in [5, 5.41) is 8.13.